The first-order chi connectivity index (χ1) is 13.5. The molecular weight excluding hydrogens is 396 g/mol. The fourth-order valence-electron chi connectivity index (χ4n) is 2.63. The Labute approximate surface area is 175 Å². The van der Waals surface area contributed by atoms with Crippen molar-refractivity contribution in [2.75, 3.05) is 31.3 Å². The summed E-state index contributed by atoms with van der Waals surface area (Å²) in [6.45, 7) is 5.03. The van der Waals surface area contributed by atoms with E-state index in [1.54, 1.807) is 47.0 Å². The molecule has 1 N–H and O–H groups in total. The van der Waals surface area contributed by atoms with Gasteiger partial charge < -0.3 is 15.0 Å². The molecule has 150 valence electrons. The minimum Gasteiger partial charge on any atom is -0.482 e. The van der Waals surface area contributed by atoms with Crippen LogP contribution in [0.5, 0.6) is 5.75 Å². The molecule has 0 aliphatic heterocycles. The Hall–Kier alpha value is -2.18. The van der Waals surface area contributed by atoms with Crippen molar-refractivity contribution in [1.82, 2.24) is 4.90 Å². The van der Waals surface area contributed by atoms with Crippen LogP contribution in [-0.4, -0.2) is 42.7 Å². The number of rotatable bonds is 9. The summed E-state index contributed by atoms with van der Waals surface area (Å²) in [5.41, 5.74) is 2.31. The number of likely N-dealkylation sites (N-methyl/N-ethyl adjacent to an activating group) is 1. The zero-order chi connectivity index (χ0) is 20.5. The van der Waals surface area contributed by atoms with Crippen LogP contribution in [0.25, 0.3) is 0 Å². The first-order valence-electron chi connectivity index (χ1n) is 9.07. The van der Waals surface area contributed by atoms with Crippen molar-refractivity contribution in [2.45, 2.75) is 19.6 Å². The number of anilines is 1. The van der Waals surface area contributed by atoms with E-state index in [9.17, 15) is 9.59 Å². The molecule has 2 aromatic carbocycles. The van der Waals surface area contributed by atoms with Crippen molar-refractivity contribution in [3.63, 3.8) is 0 Å². The number of hydrogen-bond donors (Lipinski definition) is 1. The van der Waals surface area contributed by atoms with Crippen LogP contribution in [0.2, 0.25) is 5.02 Å². The first-order valence-corrected chi connectivity index (χ1v) is 10.8. The van der Waals surface area contributed by atoms with Gasteiger partial charge in [0.2, 0.25) is 0 Å². The lowest BCUT2D eigenvalue weighted by Crippen LogP contribution is -2.34. The fourth-order valence-corrected chi connectivity index (χ4v) is 3.39. The van der Waals surface area contributed by atoms with Gasteiger partial charge in [-0.1, -0.05) is 23.7 Å². The molecular formula is C21H25ClN2O3S. The molecule has 0 aliphatic rings. The molecule has 0 radical (unpaired) electrons. The van der Waals surface area contributed by atoms with Gasteiger partial charge in [0.15, 0.2) is 6.61 Å². The summed E-state index contributed by atoms with van der Waals surface area (Å²) in [6, 6.07) is 12.5. The Bertz CT molecular complexity index is 808. The maximum absolute atomic E-state index is 12.4. The van der Waals surface area contributed by atoms with Gasteiger partial charge in [-0.3, -0.25) is 9.59 Å². The van der Waals surface area contributed by atoms with E-state index in [4.69, 9.17) is 16.3 Å². The molecule has 0 aromatic heterocycles. The van der Waals surface area contributed by atoms with Crippen LogP contribution in [0, 0.1) is 0 Å². The number of nitrogens with one attached hydrogen (secondary N) is 1. The van der Waals surface area contributed by atoms with Gasteiger partial charge in [0.1, 0.15) is 5.75 Å². The second-order valence-electron chi connectivity index (χ2n) is 6.08. The van der Waals surface area contributed by atoms with Crippen LogP contribution in [0.4, 0.5) is 5.69 Å². The van der Waals surface area contributed by atoms with Crippen molar-refractivity contribution in [3.05, 3.63) is 58.6 Å². The van der Waals surface area contributed by atoms with Gasteiger partial charge in [-0.05, 0) is 56.0 Å². The van der Waals surface area contributed by atoms with Crippen molar-refractivity contribution in [1.29, 1.82) is 0 Å². The third-order valence-corrected chi connectivity index (χ3v) is 5.10. The molecule has 0 aliphatic carbocycles. The Morgan fingerprint density at radius 3 is 2.36 bits per heavy atom. The van der Waals surface area contributed by atoms with E-state index in [1.165, 1.54) is 5.56 Å². The molecule has 0 spiro atoms. The second kappa shape index (κ2) is 11.0. The Balaban J connectivity index is 1.97. The topological polar surface area (TPSA) is 58.6 Å². The average Bonchev–Trinajstić information content (AvgIpc) is 2.69. The number of benzene rings is 2. The maximum Gasteiger partial charge on any atom is 0.260 e. The van der Waals surface area contributed by atoms with Gasteiger partial charge in [-0.15, -0.1) is 0 Å². The molecule has 0 saturated carbocycles. The third kappa shape index (κ3) is 6.17. The summed E-state index contributed by atoms with van der Waals surface area (Å²) >= 11 is 7.97. The van der Waals surface area contributed by atoms with Gasteiger partial charge >= 0.3 is 0 Å². The number of amides is 2. The fraction of sp³-hybridized carbons (Fsp3) is 0.333. The molecule has 28 heavy (non-hydrogen) atoms. The number of halogens is 1. The monoisotopic (exact) mass is 420 g/mol. The minimum absolute atomic E-state index is 0.0739. The van der Waals surface area contributed by atoms with Crippen molar-refractivity contribution in [2.24, 2.45) is 0 Å². The van der Waals surface area contributed by atoms with Crippen LogP contribution in [0.15, 0.2) is 42.5 Å². The highest BCUT2D eigenvalue weighted by Crippen LogP contribution is 2.28. The summed E-state index contributed by atoms with van der Waals surface area (Å²) in [5.74, 6) is 1.01. The number of carbonyl (C=O) groups is 2. The van der Waals surface area contributed by atoms with Crippen molar-refractivity contribution >= 4 is 40.9 Å². The molecule has 2 aromatic rings. The van der Waals surface area contributed by atoms with Gasteiger partial charge in [0, 0.05) is 30.1 Å². The molecule has 2 rings (SSSR count). The van der Waals surface area contributed by atoms with Gasteiger partial charge in [0.25, 0.3) is 11.8 Å². The largest absolute Gasteiger partial charge is 0.482 e. The number of carbonyl (C=O) groups excluding carboxylic acids is 2. The third-order valence-electron chi connectivity index (χ3n) is 4.18. The maximum atomic E-state index is 12.4. The quantitative estimate of drug-likeness (QED) is 0.638. The summed E-state index contributed by atoms with van der Waals surface area (Å²) < 4.78 is 5.53. The Morgan fingerprint density at radius 2 is 1.79 bits per heavy atom. The summed E-state index contributed by atoms with van der Waals surface area (Å²) in [4.78, 5) is 26.1. The van der Waals surface area contributed by atoms with Gasteiger partial charge in [0.05, 0.1) is 5.02 Å². The standard InChI is InChI=1S/C21H25ClN2O3S/c1-4-24(5-2)20(25)13-27-19-11-10-17(12-18(19)22)23-21(26)16-8-6-15(7-9-16)14-28-3/h6-12H,4-5,13-14H2,1-3H3,(H,23,26). The first kappa shape index (κ1) is 22.1. The van der Waals surface area contributed by atoms with E-state index in [-0.39, 0.29) is 18.4 Å². The van der Waals surface area contributed by atoms with Crippen LogP contribution in [0.3, 0.4) is 0 Å². The van der Waals surface area contributed by atoms with E-state index < -0.39 is 0 Å². The highest BCUT2D eigenvalue weighted by molar-refractivity contribution is 7.97. The predicted molar refractivity (Wildman–Crippen MR) is 116 cm³/mol. The Morgan fingerprint density at radius 1 is 1.11 bits per heavy atom. The van der Waals surface area contributed by atoms with E-state index in [2.05, 4.69) is 5.32 Å². The smallest absolute Gasteiger partial charge is 0.260 e. The molecule has 0 unspecified atom stereocenters. The highest BCUT2D eigenvalue weighted by Gasteiger charge is 2.13. The van der Waals surface area contributed by atoms with Gasteiger partial charge in [-0.25, -0.2) is 0 Å². The normalized spacial score (nSPS) is 10.4. The molecule has 7 heteroatoms. The van der Waals surface area contributed by atoms with Crippen molar-refractivity contribution < 1.29 is 14.3 Å². The zero-order valence-electron chi connectivity index (χ0n) is 16.3. The SMILES string of the molecule is CCN(CC)C(=O)COc1ccc(NC(=O)c2ccc(CSC)cc2)cc1Cl. The highest BCUT2D eigenvalue weighted by atomic mass is 35.5. The number of ether oxygens (including phenoxy) is 1. The number of nitrogens with zero attached hydrogens (tertiary/aromatic N) is 1. The summed E-state index contributed by atoms with van der Waals surface area (Å²) in [6.07, 6.45) is 2.04. The molecule has 0 heterocycles. The molecule has 0 fully saturated rings. The van der Waals surface area contributed by atoms with Crippen LogP contribution in [0.1, 0.15) is 29.8 Å². The average molecular weight is 421 g/mol. The molecule has 5 nitrogen and oxygen atoms in total. The van der Waals surface area contributed by atoms with Gasteiger partial charge in [-0.2, -0.15) is 11.8 Å². The van der Waals surface area contributed by atoms with E-state index in [0.29, 0.717) is 35.1 Å². The minimum atomic E-state index is -0.211. The van der Waals surface area contributed by atoms with Crippen LogP contribution >= 0.6 is 23.4 Å². The predicted octanol–water partition coefficient (Wildman–Crippen LogP) is 4.70. The lowest BCUT2D eigenvalue weighted by atomic mass is 10.1. The molecule has 2 amide bonds. The lowest BCUT2D eigenvalue weighted by molar-refractivity contribution is -0.132. The second-order valence-corrected chi connectivity index (χ2v) is 7.36. The Kier molecular flexibility index (Phi) is 8.67. The van der Waals surface area contributed by atoms with E-state index in [1.807, 2.05) is 32.2 Å². The number of hydrogen-bond acceptors (Lipinski definition) is 4. The summed E-state index contributed by atoms with van der Waals surface area (Å²) in [7, 11) is 0. The molecule has 0 bridgehead atoms. The van der Waals surface area contributed by atoms with Crippen LogP contribution in [-0.2, 0) is 10.5 Å². The van der Waals surface area contributed by atoms with Crippen molar-refractivity contribution in [3.8, 4) is 5.75 Å². The van der Waals surface area contributed by atoms with E-state index in [0.717, 1.165) is 5.75 Å². The summed E-state index contributed by atoms with van der Waals surface area (Å²) in [5, 5.41) is 3.15. The van der Waals surface area contributed by atoms with E-state index >= 15 is 0 Å². The van der Waals surface area contributed by atoms with Crippen LogP contribution < -0.4 is 10.1 Å². The zero-order valence-corrected chi connectivity index (χ0v) is 17.9. The lowest BCUT2D eigenvalue weighted by Gasteiger charge is -2.19. The molecule has 0 atom stereocenters. The number of thioether (sulfide) groups is 1. The molecule has 0 saturated heterocycles.